The highest BCUT2D eigenvalue weighted by atomic mass is 35.5. The first-order chi connectivity index (χ1) is 8.74. The number of halogens is 2. The molecule has 4 unspecified atom stereocenters. The third kappa shape index (κ3) is 1.71. The molecule has 96 valence electrons. The molecular weight excluding hydrogens is 265 g/mol. The average molecular weight is 282 g/mol. The topological polar surface area (TPSA) is 12.0 Å². The van der Waals surface area contributed by atoms with E-state index in [0.717, 1.165) is 36.3 Å². The maximum Gasteiger partial charge on any atom is 0.0595 e. The minimum absolute atomic E-state index is 0.641. The lowest BCUT2D eigenvalue weighted by Crippen LogP contribution is -2.22. The van der Waals surface area contributed by atoms with Gasteiger partial charge in [-0.3, -0.25) is 0 Å². The lowest BCUT2D eigenvalue weighted by molar-refractivity contribution is 0.456. The van der Waals surface area contributed by atoms with Gasteiger partial charge >= 0.3 is 0 Å². The number of benzene rings is 1. The first kappa shape index (κ1) is 11.6. The van der Waals surface area contributed by atoms with Gasteiger partial charge in [-0.05, 0) is 60.6 Å². The number of fused-ring (bicyclic) bond motifs is 5. The third-order valence-corrected chi connectivity index (χ3v) is 6.00. The fourth-order valence-corrected chi connectivity index (χ4v) is 4.80. The Bertz CT molecular complexity index is 471. The van der Waals surface area contributed by atoms with Crippen molar-refractivity contribution in [2.24, 2.45) is 23.7 Å². The largest absolute Gasteiger partial charge is 0.309 e. The minimum Gasteiger partial charge on any atom is -0.309 e. The van der Waals surface area contributed by atoms with Crippen molar-refractivity contribution >= 4 is 23.2 Å². The van der Waals surface area contributed by atoms with Crippen molar-refractivity contribution in [1.29, 1.82) is 0 Å². The molecule has 3 saturated carbocycles. The first-order valence-corrected chi connectivity index (χ1v) is 7.67. The molecule has 0 amide bonds. The van der Waals surface area contributed by atoms with Crippen LogP contribution >= 0.6 is 23.2 Å². The lowest BCUT2D eigenvalue weighted by Gasteiger charge is -2.11. The van der Waals surface area contributed by atoms with Gasteiger partial charge in [-0.25, -0.2) is 0 Å². The lowest BCUT2D eigenvalue weighted by atomic mass is 10.0. The Hall–Kier alpha value is -0.240. The predicted octanol–water partition coefficient (Wildman–Crippen LogP) is 4.13. The van der Waals surface area contributed by atoms with Gasteiger partial charge in [0, 0.05) is 12.6 Å². The average Bonchev–Trinajstić information content (AvgIpc) is 2.76. The molecule has 1 aromatic rings. The van der Waals surface area contributed by atoms with Gasteiger partial charge < -0.3 is 5.32 Å². The monoisotopic (exact) mass is 281 g/mol. The summed E-state index contributed by atoms with van der Waals surface area (Å²) in [5.74, 6) is 4.05. The molecule has 3 fully saturated rings. The van der Waals surface area contributed by atoms with Gasteiger partial charge in [-0.2, -0.15) is 0 Å². The molecule has 4 atom stereocenters. The van der Waals surface area contributed by atoms with Gasteiger partial charge in [0.25, 0.3) is 0 Å². The zero-order valence-electron chi connectivity index (χ0n) is 10.2. The van der Waals surface area contributed by atoms with E-state index in [1.165, 1.54) is 24.8 Å². The van der Waals surface area contributed by atoms with Crippen LogP contribution in [0, 0.1) is 23.7 Å². The van der Waals surface area contributed by atoms with E-state index < -0.39 is 0 Å². The molecule has 18 heavy (non-hydrogen) atoms. The fraction of sp³-hybridized carbons (Fsp3) is 0.600. The second kappa shape index (κ2) is 4.13. The Balaban J connectivity index is 1.39. The van der Waals surface area contributed by atoms with Crippen LogP contribution in [-0.2, 0) is 6.54 Å². The molecule has 0 radical (unpaired) electrons. The summed E-state index contributed by atoms with van der Waals surface area (Å²) in [5, 5.41) is 5.02. The minimum atomic E-state index is 0.641. The van der Waals surface area contributed by atoms with E-state index in [0.29, 0.717) is 10.0 Å². The van der Waals surface area contributed by atoms with E-state index in [4.69, 9.17) is 23.2 Å². The van der Waals surface area contributed by atoms with Gasteiger partial charge in [0.15, 0.2) is 0 Å². The molecule has 4 rings (SSSR count). The summed E-state index contributed by atoms with van der Waals surface area (Å²) >= 11 is 12.0. The van der Waals surface area contributed by atoms with Crippen LogP contribution in [0.1, 0.15) is 24.8 Å². The third-order valence-electron chi connectivity index (χ3n) is 5.26. The number of hydrogen-bond donors (Lipinski definition) is 1. The maximum absolute atomic E-state index is 6.04. The van der Waals surface area contributed by atoms with E-state index in [1.807, 2.05) is 12.1 Å². The van der Waals surface area contributed by atoms with Gasteiger partial charge in [0.2, 0.25) is 0 Å². The molecule has 0 saturated heterocycles. The summed E-state index contributed by atoms with van der Waals surface area (Å²) in [6.07, 6.45) is 4.48. The van der Waals surface area contributed by atoms with Crippen molar-refractivity contribution in [3.05, 3.63) is 33.8 Å². The molecular formula is C15H17Cl2N. The molecule has 2 bridgehead atoms. The highest BCUT2D eigenvalue weighted by Crippen LogP contribution is 2.65. The van der Waals surface area contributed by atoms with Crippen molar-refractivity contribution in [2.45, 2.75) is 31.8 Å². The number of hydrogen-bond acceptors (Lipinski definition) is 1. The zero-order chi connectivity index (χ0) is 12.3. The number of nitrogens with one attached hydrogen (secondary N) is 1. The Morgan fingerprint density at radius 1 is 1.06 bits per heavy atom. The molecule has 0 aromatic heterocycles. The summed E-state index contributed by atoms with van der Waals surface area (Å²) in [5.41, 5.74) is 1.24. The van der Waals surface area contributed by atoms with E-state index in [1.54, 1.807) is 0 Å². The Morgan fingerprint density at radius 3 is 2.44 bits per heavy atom. The molecule has 0 heterocycles. The van der Waals surface area contributed by atoms with Gasteiger partial charge in [0.05, 0.1) is 10.0 Å². The van der Waals surface area contributed by atoms with Crippen molar-refractivity contribution in [3.63, 3.8) is 0 Å². The van der Waals surface area contributed by atoms with Crippen molar-refractivity contribution in [1.82, 2.24) is 5.32 Å². The summed E-state index contributed by atoms with van der Waals surface area (Å²) in [4.78, 5) is 0. The van der Waals surface area contributed by atoms with Crippen LogP contribution in [0.5, 0.6) is 0 Å². The summed E-state index contributed by atoms with van der Waals surface area (Å²) in [6.45, 7) is 0.925. The van der Waals surface area contributed by atoms with E-state index in [9.17, 15) is 0 Å². The summed E-state index contributed by atoms with van der Waals surface area (Å²) in [7, 11) is 0. The highest BCUT2D eigenvalue weighted by molar-refractivity contribution is 6.42. The van der Waals surface area contributed by atoms with Crippen molar-refractivity contribution < 1.29 is 0 Å². The Morgan fingerprint density at radius 2 is 1.78 bits per heavy atom. The van der Waals surface area contributed by atoms with Crippen molar-refractivity contribution in [3.8, 4) is 0 Å². The summed E-state index contributed by atoms with van der Waals surface area (Å²) < 4.78 is 0. The fourth-order valence-electron chi connectivity index (χ4n) is 4.48. The maximum atomic E-state index is 6.04. The van der Waals surface area contributed by atoms with Gasteiger partial charge in [0.1, 0.15) is 0 Å². The number of rotatable bonds is 3. The van der Waals surface area contributed by atoms with E-state index >= 15 is 0 Å². The molecule has 3 aliphatic rings. The predicted molar refractivity (Wildman–Crippen MR) is 74.9 cm³/mol. The van der Waals surface area contributed by atoms with Crippen LogP contribution in [0.4, 0.5) is 0 Å². The quantitative estimate of drug-likeness (QED) is 0.879. The summed E-state index contributed by atoms with van der Waals surface area (Å²) in [6, 6.07) is 6.71. The molecule has 1 nitrogen and oxygen atoms in total. The first-order valence-electron chi connectivity index (χ1n) is 6.91. The van der Waals surface area contributed by atoms with Crippen LogP contribution < -0.4 is 5.32 Å². The van der Waals surface area contributed by atoms with Crippen LogP contribution in [0.2, 0.25) is 10.0 Å². The standard InChI is InChI=1S/C15H17Cl2N/c16-11-4-1-8(5-12(11)17)7-18-15-13-9-2-3-10(6-9)14(13)15/h1,4-5,9-10,13-15,18H,2-3,6-7H2. The normalized spacial score (nSPS) is 40.0. The molecule has 0 aliphatic heterocycles. The molecule has 0 spiro atoms. The second-order valence-electron chi connectivity index (χ2n) is 6.14. The molecule has 3 heteroatoms. The van der Waals surface area contributed by atoms with Gasteiger partial charge in [-0.1, -0.05) is 29.3 Å². The molecule has 1 N–H and O–H groups in total. The van der Waals surface area contributed by atoms with Crippen LogP contribution in [0.3, 0.4) is 0 Å². The Kier molecular flexibility index (Phi) is 2.65. The van der Waals surface area contributed by atoms with Crippen LogP contribution in [-0.4, -0.2) is 6.04 Å². The zero-order valence-corrected chi connectivity index (χ0v) is 11.7. The SMILES string of the molecule is Clc1ccc(CNC2C3C4CCC(C4)C23)cc1Cl. The van der Waals surface area contributed by atoms with Crippen molar-refractivity contribution in [2.75, 3.05) is 0 Å². The van der Waals surface area contributed by atoms with E-state index in [-0.39, 0.29) is 0 Å². The Labute approximate surface area is 118 Å². The van der Waals surface area contributed by atoms with E-state index in [2.05, 4.69) is 11.4 Å². The molecule has 1 aromatic carbocycles. The molecule has 3 aliphatic carbocycles. The van der Waals surface area contributed by atoms with Crippen LogP contribution in [0.25, 0.3) is 0 Å². The van der Waals surface area contributed by atoms with Gasteiger partial charge in [-0.15, -0.1) is 0 Å². The second-order valence-corrected chi connectivity index (χ2v) is 6.96. The van der Waals surface area contributed by atoms with Crippen LogP contribution in [0.15, 0.2) is 18.2 Å². The highest BCUT2D eigenvalue weighted by Gasteiger charge is 2.64. The smallest absolute Gasteiger partial charge is 0.0595 e.